The molecule has 4 aromatic carbocycles. The van der Waals surface area contributed by atoms with E-state index in [0.717, 1.165) is 22.4 Å². The van der Waals surface area contributed by atoms with E-state index < -0.39 is 35.3 Å². The van der Waals surface area contributed by atoms with E-state index in [4.69, 9.17) is 37.7 Å². The van der Waals surface area contributed by atoms with Crippen molar-refractivity contribution in [3.63, 3.8) is 0 Å². The van der Waals surface area contributed by atoms with E-state index in [2.05, 4.69) is 10.3 Å². The monoisotopic (exact) mass is 934 g/mol. The minimum atomic E-state index is -1.21. The van der Waals surface area contributed by atoms with Crippen LogP contribution in [0.1, 0.15) is 56.4 Å². The van der Waals surface area contributed by atoms with Crippen molar-refractivity contribution in [2.45, 2.75) is 70.6 Å². The number of thiocarbonyl (C=S) groups is 1. The highest BCUT2D eigenvalue weighted by Gasteiger charge is 2.51. The maximum absolute atomic E-state index is 15.8. The van der Waals surface area contributed by atoms with Gasteiger partial charge in [0.1, 0.15) is 29.8 Å². The Morgan fingerprint density at radius 3 is 2.41 bits per heavy atom. The molecule has 7 rings (SSSR count). The minimum absolute atomic E-state index is 0.0197. The number of carbonyl (C=O) groups excluding carboxylic acids is 4. The second-order valence-corrected chi connectivity index (χ2v) is 17.3. The van der Waals surface area contributed by atoms with Gasteiger partial charge in [0.05, 0.1) is 53.0 Å². The van der Waals surface area contributed by atoms with Gasteiger partial charge in [-0.15, -0.1) is 0 Å². The molecule has 3 heterocycles. The fourth-order valence-corrected chi connectivity index (χ4v) is 8.72. The van der Waals surface area contributed by atoms with Crippen molar-refractivity contribution in [1.29, 1.82) is 5.26 Å². The summed E-state index contributed by atoms with van der Waals surface area (Å²) in [5, 5.41) is 22.4. The van der Waals surface area contributed by atoms with E-state index in [1.165, 1.54) is 39.3 Å². The van der Waals surface area contributed by atoms with Crippen molar-refractivity contribution in [2.75, 3.05) is 42.7 Å². The van der Waals surface area contributed by atoms with Crippen LogP contribution in [0, 0.1) is 24.1 Å². The molecule has 0 unspecified atom stereocenters. The Morgan fingerprint density at radius 2 is 1.73 bits per heavy atom. The number of likely N-dealkylation sites (tertiary alicyclic amines) is 1. The maximum Gasteiger partial charge on any atom is 0.259 e. The number of ketones is 1. The number of carbonyl (C=O) groups is 4. The van der Waals surface area contributed by atoms with Crippen molar-refractivity contribution in [2.24, 2.45) is 0 Å². The fourth-order valence-electron chi connectivity index (χ4n) is 7.99. The van der Waals surface area contributed by atoms with E-state index in [0.29, 0.717) is 48.6 Å². The molecule has 2 aliphatic heterocycles. The number of rotatable bonds is 18. The predicted molar refractivity (Wildman–Crippen MR) is 249 cm³/mol. The third-order valence-corrected chi connectivity index (χ3v) is 12.3. The van der Waals surface area contributed by atoms with Crippen molar-refractivity contribution in [3.05, 3.63) is 119 Å². The fraction of sp³-hybridized carbons (Fsp3) is 0.327. The summed E-state index contributed by atoms with van der Waals surface area (Å²) in [4.78, 5) is 60.5. The smallest absolute Gasteiger partial charge is 0.259 e. The molecule has 2 aliphatic rings. The van der Waals surface area contributed by atoms with Crippen LogP contribution in [0.4, 0.5) is 15.8 Å². The van der Waals surface area contributed by atoms with Crippen molar-refractivity contribution >= 4 is 63.8 Å². The van der Waals surface area contributed by atoms with Crippen LogP contribution >= 0.6 is 23.8 Å². The zero-order valence-electron chi connectivity index (χ0n) is 36.6. The van der Waals surface area contributed by atoms with Gasteiger partial charge < -0.3 is 34.1 Å². The zero-order valence-corrected chi connectivity index (χ0v) is 38.2. The number of benzene rings is 4. The SMILES string of the molecule is Cc1ncoc1-c1ccc(CCC(=O)[C@@H]2C[C@@H](O)CN2C(=O)CNC(=O)COCCCCOc2ccc(-c3ccc(N4C(=S)N(c5ccc(C#N)c(Cl)c5)C(=O)C4(C)C)c(F)c3)cc2)cc1. The lowest BCUT2D eigenvalue weighted by molar-refractivity contribution is -0.138. The summed E-state index contributed by atoms with van der Waals surface area (Å²) in [5.74, 6) is -0.713. The number of halogens is 2. The van der Waals surface area contributed by atoms with E-state index >= 15 is 4.39 Å². The first-order valence-corrected chi connectivity index (χ1v) is 22.2. The van der Waals surface area contributed by atoms with Crippen LogP contribution in [-0.4, -0.2) is 94.2 Å². The van der Waals surface area contributed by atoms with Crippen LogP contribution < -0.4 is 19.9 Å². The summed E-state index contributed by atoms with van der Waals surface area (Å²) in [6, 6.07) is 25.4. The van der Waals surface area contributed by atoms with Crippen molar-refractivity contribution in [3.8, 4) is 34.3 Å². The number of amides is 3. The summed E-state index contributed by atoms with van der Waals surface area (Å²) in [5.41, 5.74) is 3.53. The van der Waals surface area contributed by atoms with Gasteiger partial charge in [0.15, 0.2) is 23.0 Å². The Morgan fingerprint density at radius 1 is 1.02 bits per heavy atom. The first-order valence-electron chi connectivity index (χ1n) is 21.4. The number of ether oxygens (including phenoxy) is 2. The minimum Gasteiger partial charge on any atom is -0.494 e. The number of Topliss-reactive ketones (excluding diaryl/α,β-unsaturated/α-hetero) is 1. The number of β-amino-alcohol motifs (C(OH)–C–C–N with tert-alkyl or cyclic N) is 1. The number of anilines is 2. The molecule has 2 saturated heterocycles. The number of nitrogens with one attached hydrogen (secondary N) is 1. The molecule has 14 nitrogen and oxygen atoms in total. The van der Waals surface area contributed by atoms with Gasteiger partial charge in [0, 0.05) is 31.6 Å². The molecule has 66 heavy (non-hydrogen) atoms. The van der Waals surface area contributed by atoms with E-state index in [1.54, 1.807) is 44.2 Å². The molecule has 2 fully saturated rings. The normalized spacial score (nSPS) is 16.7. The van der Waals surface area contributed by atoms with Gasteiger partial charge in [-0.2, -0.15) is 5.26 Å². The second kappa shape index (κ2) is 20.8. The van der Waals surface area contributed by atoms with Gasteiger partial charge in [-0.1, -0.05) is 54.1 Å². The number of aliphatic hydroxyl groups is 1. The quantitative estimate of drug-likeness (QED) is 0.0661. The van der Waals surface area contributed by atoms with Crippen LogP contribution in [0.25, 0.3) is 22.5 Å². The number of aryl methyl sites for hydroxylation is 2. The second-order valence-electron chi connectivity index (χ2n) is 16.6. The number of oxazole rings is 1. The average molecular weight is 935 g/mol. The zero-order chi connectivity index (χ0) is 47.1. The molecule has 0 saturated carbocycles. The lowest BCUT2D eigenvalue weighted by Gasteiger charge is -2.30. The average Bonchev–Trinajstić information content (AvgIpc) is 3.97. The largest absolute Gasteiger partial charge is 0.494 e. The summed E-state index contributed by atoms with van der Waals surface area (Å²) in [6.07, 6.45) is 2.64. The van der Waals surface area contributed by atoms with Crippen molar-refractivity contribution in [1.82, 2.24) is 15.2 Å². The summed E-state index contributed by atoms with van der Waals surface area (Å²) >= 11 is 11.9. The van der Waals surface area contributed by atoms with Crippen LogP contribution in [0.15, 0.2) is 95.7 Å². The maximum atomic E-state index is 15.8. The first kappa shape index (κ1) is 47.5. The number of nitriles is 1. The number of hydrogen-bond acceptors (Lipinski definition) is 11. The molecule has 1 aromatic heterocycles. The molecular weight excluding hydrogens is 887 g/mol. The van der Waals surface area contributed by atoms with Gasteiger partial charge >= 0.3 is 0 Å². The molecule has 342 valence electrons. The van der Waals surface area contributed by atoms with Crippen LogP contribution in [0.3, 0.4) is 0 Å². The molecule has 0 radical (unpaired) electrons. The summed E-state index contributed by atoms with van der Waals surface area (Å²) in [6.45, 7) is 5.32. The molecule has 5 aromatic rings. The van der Waals surface area contributed by atoms with E-state index in [9.17, 15) is 29.5 Å². The molecule has 0 bridgehead atoms. The van der Waals surface area contributed by atoms with Gasteiger partial charge in [-0.25, -0.2) is 9.37 Å². The highest BCUT2D eigenvalue weighted by atomic mass is 35.5. The van der Waals surface area contributed by atoms with Gasteiger partial charge in [-0.3, -0.25) is 24.1 Å². The molecule has 17 heteroatoms. The van der Waals surface area contributed by atoms with Crippen LogP contribution in [-0.2, 0) is 30.3 Å². The van der Waals surface area contributed by atoms with Gasteiger partial charge in [0.2, 0.25) is 11.8 Å². The Balaban J connectivity index is 0.798. The van der Waals surface area contributed by atoms with Gasteiger partial charge in [-0.05, 0) is 111 Å². The predicted octanol–water partition coefficient (Wildman–Crippen LogP) is 7.35. The standard InChI is InChI=1S/C49H48ClFN6O8S/c1-30-46(65-29-54-30)33-9-6-31(7-10-33)8-19-43(59)42-24-37(58)27-55(42)45(61)26-53-44(60)28-63-20-4-5-21-64-38-16-12-32(13-17-38)34-14-18-41(40(51)22-34)57-48(66)56(47(62)49(57,2)3)36-15-11-35(25-52)39(50)23-36/h6-7,9-18,22-23,29,37,42,58H,4-5,8,19-21,24,26-28H2,1-3H3,(H,53,60)/t37-,42+/m1/s1. The third-order valence-electron chi connectivity index (χ3n) is 11.6. The number of unbranched alkanes of at least 4 members (excludes halogenated alkanes) is 1. The Kier molecular flexibility index (Phi) is 14.9. The van der Waals surface area contributed by atoms with Crippen LogP contribution in [0.5, 0.6) is 5.75 Å². The van der Waals surface area contributed by atoms with E-state index in [-0.39, 0.29) is 72.2 Å². The third kappa shape index (κ3) is 10.6. The Bertz CT molecular complexity index is 2670. The summed E-state index contributed by atoms with van der Waals surface area (Å²) in [7, 11) is 0. The number of hydrogen-bond donors (Lipinski definition) is 2. The molecule has 2 atom stereocenters. The number of aliphatic hydroxyl groups excluding tert-OH is 1. The highest BCUT2D eigenvalue weighted by molar-refractivity contribution is 7.81. The van der Waals surface area contributed by atoms with Crippen molar-refractivity contribution < 1.29 is 42.6 Å². The molecular formula is C49H48ClFN6O8S. The van der Waals surface area contributed by atoms with Gasteiger partial charge in [0.25, 0.3) is 5.91 Å². The Hall–Kier alpha value is -6.51. The lowest BCUT2D eigenvalue weighted by atomic mass is 10.00. The van der Waals surface area contributed by atoms with E-state index in [1.807, 2.05) is 49.4 Å². The van der Waals surface area contributed by atoms with Crippen LogP contribution in [0.2, 0.25) is 5.02 Å². The lowest BCUT2D eigenvalue weighted by Crippen LogP contribution is -2.46. The molecule has 2 N–H and O–H groups in total. The number of aromatic nitrogens is 1. The Labute approximate surface area is 391 Å². The molecule has 0 aliphatic carbocycles. The summed E-state index contributed by atoms with van der Waals surface area (Å²) < 4.78 is 32.7. The first-order chi connectivity index (χ1) is 31.7. The molecule has 3 amide bonds. The number of nitrogens with zero attached hydrogens (tertiary/aromatic N) is 5. The topological polar surface area (TPSA) is 179 Å². The highest BCUT2D eigenvalue weighted by Crippen LogP contribution is 2.39. The molecule has 0 spiro atoms.